The molecule has 0 bridgehead atoms. The molecule has 0 saturated carbocycles. The maximum absolute atomic E-state index is 12.4. The van der Waals surface area contributed by atoms with E-state index in [9.17, 15) is 9.59 Å². The summed E-state index contributed by atoms with van der Waals surface area (Å²) in [6.07, 6.45) is 3.61. The second-order valence-electron chi connectivity index (χ2n) is 6.69. The van der Waals surface area contributed by atoms with Crippen LogP contribution in [0.25, 0.3) is 0 Å². The van der Waals surface area contributed by atoms with E-state index in [0.29, 0.717) is 25.3 Å². The molecule has 0 fully saturated rings. The Bertz CT molecular complexity index is 559. The summed E-state index contributed by atoms with van der Waals surface area (Å²) in [5, 5.41) is 0. The van der Waals surface area contributed by atoms with Crippen molar-refractivity contribution < 1.29 is 14.3 Å². The van der Waals surface area contributed by atoms with Crippen LogP contribution in [-0.4, -0.2) is 57.6 Å². The second kappa shape index (κ2) is 5.98. The molecule has 0 aromatic carbocycles. The third kappa shape index (κ3) is 3.58. The number of imidazole rings is 1. The summed E-state index contributed by atoms with van der Waals surface area (Å²) in [6.45, 7) is 6.31. The van der Waals surface area contributed by atoms with Crippen LogP contribution in [0.5, 0.6) is 0 Å². The summed E-state index contributed by atoms with van der Waals surface area (Å²) in [5.41, 5.74) is -0.544. The van der Waals surface area contributed by atoms with Gasteiger partial charge in [0.1, 0.15) is 17.5 Å². The van der Waals surface area contributed by atoms with Gasteiger partial charge in [0, 0.05) is 33.0 Å². The highest BCUT2D eigenvalue weighted by molar-refractivity contribution is 5.80. The van der Waals surface area contributed by atoms with Gasteiger partial charge in [-0.2, -0.15) is 0 Å². The van der Waals surface area contributed by atoms with Gasteiger partial charge in [0.2, 0.25) is 5.91 Å². The van der Waals surface area contributed by atoms with Crippen molar-refractivity contribution in [2.24, 2.45) is 0 Å². The number of carbonyl (C=O) groups excluding carboxylic acids is 2. The van der Waals surface area contributed by atoms with Crippen molar-refractivity contribution in [3.63, 3.8) is 0 Å². The molecule has 0 saturated heterocycles. The standard InChI is InChI=1S/C15H24N4O3/c1-15(2,3)22-14(21)18-8-6-11(13(20)17(4)5)19-9-7-16-12(19)10-18/h7,9,11H,6,8,10H2,1-5H3. The zero-order valence-electron chi connectivity index (χ0n) is 13.9. The Labute approximate surface area is 130 Å². The number of amides is 2. The normalized spacial score (nSPS) is 18.4. The first-order valence-corrected chi connectivity index (χ1v) is 7.40. The van der Waals surface area contributed by atoms with E-state index in [1.54, 1.807) is 36.3 Å². The summed E-state index contributed by atoms with van der Waals surface area (Å²) in [4.78, 5) is 32.1. The number of likely N-dealkylation sites (N-methyl/N-ethyl adjacent to an activating group) is 1. The molecule has 1 unspecified atom stereocenters. The fourth-order valence-corrected chi connectivity index (χ4v) is 2.44. The molecule has 1 aliphatic rings. The predicted octanol–water partition coefficient (Wildman–Crippen LogP) is 1.65. The number of hydrogen-bond donors (Lipinski definition) is 0. The number of hydrogen-bond acceptors (Lipinski definition) is 4. The molecule has 0 aliphatic carbocycles. The SMILES string of the molecule is CN(C)C(=O)C1CCN(C(=O)OC(C)(C)C)Cc2nccn21. The topological polar surface area (TPSA) is 67.7 Å². The first kappa shape index (κ1) is 16.3. The Kier molecular flexibility index (Phi) is 4.44. The third-order valence-corrected chi connectivity index (χ3v) is 3.47. The van der Waals surface area contributed by atoms with Crippen molar-refractivity contribution in [3.05, 3.63) is 18.2 Å². The molecule has 7 nitrogen and oxygen atoms in total. The smallest absolute Gasteiger partial charge is 0.410 e. The Morgan fingerprint density at radius 3 is 2.64 bits per heavy atom. The van der Waals surface area contributed by atoms with E-state index in [0.717, 1.165) is 0 Å². The number of ether oxygens (including phenoxy) is 1. The maximum atomic E-state index is 12.4. The Morgan fingerprint density at radius 1 is 1.36 bits per heavy atom. The fourth-order valence-electron chi connectivity index (χ4n) is 2.44. The van der Waals surface area contributed by atoms with Crippen molar-refractivity contribution in [2.45, 2.75) is 45.4 Å². The average molecular weight is 308 g/mol. The summed E-state index contributed by atoms with van der Waals surface area (Å²) in [5.74, 6) is 0.703. The van der Waals surface area contributed by atoms with E-state index in [4.69, 9.17) is 4.74 Å². The van der Waals surface area contributed by atoms with Crippen LogP contribution in [0.3, 0.4) is 0 Å². The van der Waals surface area contributed by atoms with Crippen LogP contribution in [0.2, 0.25) is 0 Å². The first-order chi connectivity index (χ1) is 10.2. The summed E-state index contributed by atoms with van der Waals surface area (Å²) in [6, 6.07) is -0.333. The predicted molar refractivity (Wildman–Crippen MR) is 81.2 cm³/mol. The quantitative estimate of drug-likeness (QED) is 0.791. The molecule has 0 spiro atoms. The van der Waals surface area contributed by atoms with Gasteiger partial charge in [0.15, 0.2) is 0 Å². The second-order valence-corrected chi connectivity index (χ2v) is 6.69. The van der Waals surface area contributed by atoms with Crippen LogP contribution in [-0.2, 0) is 16.1 Å². The number of carbonyl (C=O) groups is 2. The molecule has 22 heavy (non-hydrogen) atoms. The van der Waals surface area contributed by atoms with Crippen molar-refractivity contribution in [1.29, 1.82) is 0 Å². The van der Waals surface area contributed by atoms with Crippen molar-refractivity contribution in [2.75, 3.05) is 20.6 Å². The molecule has 0 N–H and O–H groups in total. The van der Waals surface area contributed by atoms with Gasteiger partial charge < -0.3 is 19.1 Å². The molecule has 122 valence electrons. The van der Waals surface area contributed by atoms with Gasteiger partial charge >= 0.3 is 6.09 Å². The number of fused-ring (bicyclic) bond motifs is 1. The van der Waals surface area contributed by atoms with Crippen LogP contribution >= 0.6 is 0 Å². The number of aromatic nitrogens is 2. The largest absolute Gasteiger partial charge is 0.444 e. The van der Waals surface area contributed by atoms with E-state index >= 15 is 0 Å². The molecular weight excluding hydrogens is 284 g/mol. The van der Waals surface area contributed by atoms with Crippen molar-refractivity contribution in [3.8, 4) is 0 Å². The minimum Gasteiger partial charge on any atom is -0.444 e. The lowest BCUT2D eigenvalue weighted by atomic mass is 10.2. The molecule has 2 amide bonds. The summed E-state index contributed by atoms with van der Waals surface area (Å²) < 4.78 is 7.28. The summed E-state index contributed by atoms with van der Waals surface area (Å²) >= 11 is 0. The minimum absolute atomic E-state index is 0.00490. The van der Waals surface area contributed by atoms with Crippen molar-refractivity contribution >= 4 is 12.0 Å². The van der Waals surface area contributed by atoms with Gasteiger partial charge in [0.25, 0.3) is 0 Å². The molecule has 1 atom stereocenters. The Morgan fingerprint density at radius 2 is 2.05 bits per heavy atom. The van der Waals surface area contributed by atoms with Gasteiger partial charge in [-0.15, -0.1) is 0 Å². The highest BCUT2D eigenvalue weighted by Gasteiger charge is 2.31. The van der Waals surface area contributed by atoms with E-state index < -0.39 is 5.60 Å². The van der Waals surface area contributed by atoms with Gasteiger partial charge in [-0.1, -0.05) is 0 Å². The maximum Gasteiger partial charge on any atom is 0.410 e. The molecule has 1 aromatic heterocycles. The highest BCUT2D eigenvalue weighted by atomic mass is 16.6. The zero-order chi connectivity index (χ0) is 16.5. The first-order valence-electron chi connectivity index (χ1n) is 7.40. The highest BCUT2D eigenvalue weighted by Crippen LogP contribution is 2.23. The number of nitrogens with zero attached hydrogens (tertiary/aromatic N) is 4. The van der Waals surface area contributed by atoms with E-state index in [-0.39, 0.29) is 18.0 Å². The van der Waals surface area contributed by atoms with Crippen LogP contribution in [0.1, 0.15) is 39.1 Å². The molecular formula is C15H24N4O3. The Balaban J connectivity index is 2.20. The Hall–Kier alpha value is -2.05. The summed E-state index contributed by atoms with van der Waals surface area (Å²) in [7, 11) is 3.46. The van der Waals surface area contributed by atoms with E-state index in [1.807, 2.05) is 25.3 Å². The fraction of sp³-hybridized carbons (Fsp3) is 0.667. The average Bonchev–Trinajstić information content (AvgIpc) is 2.76. The van der Waals surface area contributed by atoms with Crippen LogP contribution in [0, 0.1) is 0 Å². The molecule has 2 heterocycles. The van der Waals surface area contributed by atoms with E-state index in [2.05, 4.69) is 4.98 Å². The molecule has 1 aliphatic heterocycles. The van der Waals surface area contributed by atoms with Gasteiger partial charge in [-0.05, 0) is 27.2 Å². The lowest BCUT2D eigenvalue weighted by molar-refractivity contribution is -0.132. The van der Waals surface area contributed by atoms with Gasteiger partial charge in [-0.3, -0.25) is 4.79 Å². The lowest BCUT2D eigenvalue weighted by Gasteiger charge is -2.26. The zero-order valence-corrected chi connectivity index (χ0v) is 13.9. The molecule has 2 rings (SSSR count). The third-order valence-electron chi connectivity index (χ3n) is 3.47. The van der Waals surface area contributed by atoms with Crippen molar-refractivity contribution in [1.82, 2.24) is 19.4 Å². The van der Waals surface area contributed by atoms with Crippen LogP contribution in [0.15, 0.2) is 12.4 Å². The monoisotopic (exact) mass is 308 g/mol. The van der Waals surface area contributed by atoms with E-state index in [1.165, 1.54) is 0 Å². The minimum atomic E-state index is -0.544. The molecule has 7 heteroatoms. The molecule has 0 radical (unpaired) electrons. The van der Waals surface area contributed by atoms with Crippen LogP contribution in [0.4, 0.5) is 4.79 Å². The lowest BCUT2D eigenvalue weighted by Crippen LogP contribution is -2.37. The van der Waals surface area contributed by atoms with Gasteiger partial charge in [0.05, 0.1) is 6.54 Å². The molecule has 1 aromatic rings. The van der Waals surface area contributed by atoms with Crippen LogP contribution < -0.4 is 0 Å². The van der Waals surface area contributed by atoms with Gasteiger partial charge in [-0.25, -0.2) is 9.78 Å². The number of rotatable bonds is 1.